The van der Waals surface area contributed by atoms with Crippen molar-refractivity contribution in [3.05, 3.63) is 12.1 Å². The molecule has 2 rings (SSSR count). The smallest absolute Gasteiger partial charge is 0.163 e. The van der Waals surface area contributed by atoms with Crippen LogP contribution in [-0.4, -0.2) is 49.7 Å². The quantitative estimate of drug-likeness (QED) is 0.632. The van der Waals surface area contributed by atoms with Crippen LogP contribution in [0.1, 0.15) is 0 Å². The molecule has 0 bridgehead atoms. The Bertz CT molecular complexity index is 405. The van der Waals surface area contributed by atoms with Gasteiger partial charge in [-0.15, -0.1) is 0 Å². The van der Waals surface area contributed by atoms with Gasteiger partial charge in [0.05, 0.1) is 24.6 Å². The van der Waals surface area contributed by atoms with Crippen molar-refractivity contribution in [3.8, 4) is 11.5 Å². The first-order chi connectivity index (χ1) is 8.76. The van der Waals surface area contributed by atoms with Gasteiger partial charge in [-0.1, -0.05) is 0 Å². The fraction of sp³-hybridized carbons (Fsp3) is 0.500. The average Bonchev–Trinajstić information content (AvgIpc) is 2.38. The van der Waals surface area contributed by atoms with Crippen molar-refractivity contribution in [2.45, 2.75) is 0 Å². The zero-order valence-electron chi connectivity index (χ0n) is 10.1. The minimum Gasteiger partial charge on any atom is -0.486 e. The summed E-state index contributed by atoms with van der Waals surface area (Å²) in [5.74, 6) is 1.28. The summed E-state index contributed by atoms with van der Waals surface area (Å²) in [6, 6.07) is 3.50. The van der Waals surface area contributed by atoms with Gasteiger partial charge in [-0.3, -0.25) is 0 Å². The van der Waals surface area contributed by atoms with Gasteiger partial charge in [0.25, 0.3) is 0 Å². The van der Waals surface area contributed by atoms with Gasteiger partial charge in [-0.2, -0.15) is 0 Å². The van der Waals surface area contributed by atoms with Crippen LogP contribution < -0.4 is 20.1 Å². The van der Waals surface area contributed by atoms with Gasteiger partial charge in [-0.25, -0.2) is 0 Å². The summed E-state index contributed by atoms with van der Waals surface area (Å²) in [5.41, 5.74) is 7.25. The zero-order chi connectivity index (χ0) is 13.0. The number of nitrogens with two attached hydrogens (primary N) is 1. The molecule has 1 aliphatic rings. The Morgan fingerprint density at radius 1 is 1.06 bits per heavy atom. The summed E-state index contributed by atoms with van der Waals surface area (Å²) in [7, 11) is 0. The highest BCUT2D eigenvalue weighted by molar-refractivity contribution is 5.73. The molecule has 1 aliphatic heterocycles. The number of rotatable bonds is 5. The Morgan fingerprint density at radius 3 is 2.17 bits per heavy atom. The largest absolute Gasteiger partial charge is 0.486 e. The van der Waals surface area contributed by atoms with Crippen molar-refractivity contribution in [1.29, 1.82) is 0 Å². The minimum atomic E-state index is -0.00607. The lowest BCUT2D eigenvalue weighted by Gasteiger charge is -2.27. The summed E-state index contributed by atoms with van der Waals surface area (Å²) in [4.78, 5) is 1.81. The molecule has 1 aromatic rings. The Balaban J connectivity index is 2.30. The van der Waals surface area contributed by atoms with Gasteiger partial charge in [0.1, 0.15) is 13.2 Å². The normalized spacial score (nSPS) is 13.4. The SMILES string of the molecule is Nc1cc2c(cc1N(CCO)CCO)OCCO2. The Morgan fingerprint density at radius 2 is 1.61 bits per heavy atom. The predicted octanol–water partition coefficient (Wildman–Crippen LogP) is -0.169. The number of hydrogen-bond acceptors (Lipinski definition) is 6. The van der Waals surface area contributed by atoms with E-state index in [4.69, 9.17) is 25.4 Å². The van der Waals surface area contributed by atoms with E-state index in [1.165, 1.54) is 0 Å². The number of aliphatic hydroxyl groups is 2. The number of nitrogen functional groups attached to an aromatic ring is 1. The lowest BCUT2D eigenvalue weighted by molar-refractivity contribution is 0.171. The van der Waals surface area contributed by atoms with E-state index in [-0.39, 0.29) is 13.2 Å². The molecule has 0 aliphatic carbocycles. The maximum atomic E-state index is 9.03. The molecule has 0 aromatic heterocycles. The van der Waals surface area contributed by atoms with Gasteiger partial charge in [-0.05, 0) is 0 Å². The number of aliphatic hydroxyl groups excluding tert-OH is 2. The van der Waals surface area contributed by atoms with E-state index in [1.807, 2.05) is 4.90 Å². The second-order valence-electron chi connectivity index (χ2n) is 3.99. The summed E-state index contributed by atoms with van der Waals surface area (Å²) in [6.07, 6.45) is 0. The van der Waals surface area contributed by atoms with Crippen LogP contribution in [0.3, 0.4) is 0 Å². The van der Waals surface area contributed by atoms with Crippen molar-refractivity contribution in [1.82, 2.24) is 0 Å². The molecule has 18 heavy (non-hydrogen) atoms. The molecular formula is C12H18N2O4. The van der Waals surface area contributed by atoms with E-state index in [0.717, 1.165) is 5.69 Å². The fourth-order valence-corrected chi connectivity index (χ4v) is 1.96. The highest BCUT2D eigenvalue weighted by atomic mass is 16.6. The molecule has 0 unspecified atom stereocenters. The standard InChI is InChI=1S/C12H18N2O4/c13-9-7-11-12(18-6-5-17-11)8-10(9)14(1-3-15)2-4-16/h7-8,15-16H,1-6,13H2. The highest BCUT2D eigenvalue weighted by Crippen LogP contribution is 2.38. The molecule has 1 aromatic carbocycles. The number of hydrogen-bond donors (Lipinski definition) is 3. The van der Waals surface area contributed by atoms with Crippen LogP contribution in [0.15, 0.2) is 12.1 Å². The minimum absolute atomic E-state index is 0.00607. The Hall–Kier alpha value is -1.66. The average molecular weight is 254 g/mol. The first-order valence-electron chi connectivity index (χ1n) is 5.92. The third kappa shape index (κ3) is 2.60. The molecule has 0 spiro atoms. The van der Waals surface area contributed by atoms with Crippen LogP contribution in [-0.2, 0) is 0 Å². The van der Waals surface area contributed by atoms with Crippen molar-refractivity contribution in [3.63, 3.8) is 0 Å². The first kappa shape index (κ1) is 12.8. The number of anilines is 2. The van der Waals surface area contributed by atoms with Crippen LogP contribution in [0.5, 0.6) is 11.5 Å². The fourth-order valence-electron chi connectivity index (χ4n) is 1.96. The van der Waals surface area contributed by atoms with Gasteiger partial charge in [0.15, 0.2) is 11.5 Å². The van der Waals surface area contributed by atoms with E-state index in [2.05, 4.69) is 0 Å². The van der Waals surface area contributed by atoms with Crippen LogP contribution >= 0.6 is 0 Å². The zero-order valence-corrected chi connectivity index (χ0v) is 10.1. The van der Waals surface area contributed by atoms with Crippen LogP contribution in [0, 0.1) is 0 Å². The second-order valence-corrected chi connectivity index (χ2v) is 3.99. The molecule has 0 atom stereocenters. The molecule has 0 radical (unpaired) electrons. The van der Waals surface area contributed by atoms with Crippen LogP contribution in [0.4, 0.5) is 11.4 Å². The van der Waals surface area contributed by atoms with Crippen molar-refractivity contribution in [2.75, 3.05) is 50.2 Å². The summed E-state index contributed by atoms with van der Waals surface area (Å²) in [5, 5.41) is 18.1. The van der Waals surface area contributed by atoms with E-state index in [9.17, 15) is 0 Å². The molecule has 1 heterocycles. The number of ether oxygens (including phenoxy) is 2. The van der Waals surface area contributed by atoms with Gasteiger partial charge >= 0.3 is 0 Å². The molecular weight excluding hydrogens is 236 g/mol. The summed E-state index contributed by atoms with van der Waals surface area (Å²) >= 11 is 0. The maximum Gasteiger partial charge on any atom is 0.163 e. The molecule has 4 N–H and O–H groups in total. The molecule has 0 amide bonds. The van der Waals surface area contributed by atoms with Crippen molar-refractivity contribution >= 4 is 11.4 Å². The second kappa shape index (κ2) is 5.79. The summed E-state index contributed by atoms with van der Waals surface area (Å²) < 4.78 is 10.9. The van der Waals surface area contributed by atoms with Gasteiger partial charge in [0, 0.05) is 25.2 Å². The molecule has 6 heteroatoms. The van der Waals surface area contributed by atoms with Crippen LogP contribution in [0.25, 0.3) is 0 Å². The van der Waals surface area contributed by atoms with E-state index < -0.39 is 0 Å². The van der Waals surface area contributed by atoms with E-state index in [0.29, 0.717) is 43.5 Å². The topological polar surface area (TPSA) is 88.2 Å². The molecule has 0 saturated heterocycles. The molecule has 0 saturated carbocycles. The van der Waals surface area contributed by atoms with Crippen molar-refractivity contribution in [2.24, 2.45) is 0 Å². The lowest BCUT2D eigenvalue weighted by atomic mass is 10.2. The van der Waals surface area contributed by atoms with E-state index >= 15 is 0 Å². The van der Waals surface area contributed by atoms with Gasteiger partial charge < -0.3 is 30.3 Å². The molecule has 100 valence electrons. The number of nitrogens with zero attached hydrogens (tertiary/aromatic N) is 1. The van der Waals surface area contributed by atoms with Crippen molar-refractivity contribution < 1.29 is 19.7 Å². The van der Waals surface area contributed by atoms with Gasteiger partial charge in [0.2, 0.25) is 0 Å². The number of benzene rings is 1. The summed E-state index contributed by atoms with van der Waals surface area (Å²) in [6.45, 7) is 1.83. The monoisotopic (exact) mass is 254 g/mol. The molecule has 6 nitrogen and oxygen atoms in total. The number of fused-ring (bicyclic) bond motifs is 1. The first-order valence-corrected chi connectivity index (χ1v) is 5.92. The third-order valence-electron chi connectivity index (χ3n) is 2.77. The molecule has 0 fully saturated rings. The highest BCUT2D eigenvalue weighted by Gasteiger charge is 2.17. The maximum absolute atomic E-state index is 9.03. The third-order valence-corrected chi connectivity index (χ3v) is 2.77. The lowest BCUT2D eigenvalue weighted by Crippen LogP contribution is -2.30. The Kier molecular flexibility index (Phi) is 4.11. The Labute approximate surface area is 106 Å². The van der Waals surface area contributed by atoms with E-state index in [1.54, 1.807) is 12.1 Å². The van der Waals surface area contributed by atoms with Crippen LogP contribution in [0.2, 0.25) is 0 Å². The predicted molar refractivity (Wildman–Crippen MR) is 68.2 cm³/mol.